The molecule has 3 amide bonds. The van der Waals surface area contributed by atoms with Gasteiger partial charge in [0.2, 0.25) is 11.8 Å². The SMILES string of the molecule is CCCN(C(=O)C(NC(=O)C1CCCCN1C)[C@@H](C)CC)[C@H](C[C@@H](OCOC)c1nc(C(=O)N[C@@H](Cc2ccccc2)C[C@H](C)CO)cs1)C(C)C. The first-order valence-electron chi connectivity index (χ1n) is 19.3. The van der Waals surface area contributed by atoms with Crippen LogP contribution in [0.5, 0.6) is 0 Å². The highest BCUT2D eigenvalue weighted by atomic mass is 32.1. The minimum absolute atomic E-state index is 0.0235. The summed E-state index contributed by atoms with van der Waals surface area (Å²) in [5.41, 5.74) is 1.41. The average molecular weight is 744 g/mol. The van der Waals surface area contributed by atoms with Crippen molar-refractivity contribution in [2.45, 2.75) is 123 Å². The van der Waals surface area contributed by atoms with E-state index in [-0.39, 0.29) is 67.0 Å². The predicted octanol–water partition coefficient (Wildman–Crippen LogP) is 5.83. The molecule has 292 valence electrons. The van der Waals surface area contributed by atoms with Crippen LogP contribution in [0.2, 0.25) is 0 Å². The first-order chi connectivity index (χ1) is 24.9. The Morgan fingerprint density at radius 1 is 1.08 bits per heavy atom. The molecule has 3 rings (SSSR count). The summed E-state index contributed by atoms with van der Waals surface area (Å²) >= 11 is 1.35. The number of amides is 3. The van der Waals surface area contributed by atoms with Crippen LogP contribution >= 0.6 is 11.3 Å². The summed E-state index contributed by atoms with van der Waals surface area (Å²) in [5, 5.41) is 18.5. The van der Waals surface area contributed by atoms with Crippen molar-refractivity contribution in [3.05, 3.63) is 52.0 Å². The molecule has 52 heavy (non-hydrogen) atoms. The van der Waals surface area contributed by atoms with E-state index in [1.54, 1.807) is 12.5 Å². The van der Waals surface area contributed by atoms with Crippen LogP contribution in [-0.4, -0.2) is 102 Å². The zero-order valence-corrected chi connectivity index (χ0v) is 33.6. The Kier molecular flexibility index (Phi) is 18.7. The molecule has 2 unspecified atom stereocenters. The number of piperidine rings is 1. The van der Waals surface area contributed by atoms with Crippen LogP contribution in [0, 0.1) is 17.8 Å². The molecule has 0 saturated carbocycles. The van der Waals surface area contributed by atoms with Crippen LogP contribution in [0.4, 0.5) is 0 Å². The van der Waals surface area contributed by atoms with Gasteiger partial charge in [-0.3, -0.25) is 19.3 Å². The number of carbonyl (C=O) groups excluding carboxylic acids is 3. The van der Waals surface area contributed by atoms with E-state index in [1.165, 1.54) is 11.3 Å². The lowest BCUT2D eigenvalue weighted by Gasteiger charge is -2.40. The molecule has 7 atom stereocenters. The third kappa shape index (κ3) is 12.9. The van der Waals surface area contributed by atoms with E-state index in [4.69, 9.17) is 14.5 Å². The summed E-state index contributed by atoms with van der Waals surface area (Å²) in [6.07, 6.45) is 5.54. The molecule has 0 radical (unpaired) electrons. The number of aliphatic hydroxyl groups excluding tert-OH is 1. The minimum Gasteiger partial charge on any atom is -0.396 e. The largest absolute Gasteiger partial charge is 0.396 e. The molecule has 0 aliphatic carbocycles. The van der Waals surface area contributed by atoms with Gasteiger partial charge < -0.3 is 30.1 Å². The molecule has 0 bridgehead atoms. The molecule has 1 saturated heterocycles. The zero-order chi connectivity index (χ0) is 38.2. The van der Waals surface area contributed by atoms with Crippen molar-refractivity contribution in [1.82, 2.24) is 25.4 Å². The van der Waals surface area contributed by atoms with Crippen LogP contribution in [0.15, 0.2) is 35.7 Å². The smallest absolute Gasteiger partial charge is 0.270 e. The number of likely N-dealkylation sites (tertiary alicyclic amines) is 1. The maximum Gasteiger partial charge on any atom is 0.270 e. The number of nitrogens with one attached hydrogen (secondary N) is 2. The highest BCUT2D eigenvalue weighted by molar-refractivity contribution is 7.09. The number of methoxy groups -OCH3 is 1. The van der Waals surface area contributed by atoms with Crippen LogP contribution in [-0.2, 0) is 25.5 Å². The van der Waals surface area contributed by atoms with Crippen LogP contribution < -0.4 is 10.6 Å². The molecule has 1 aliphatic heterocycles. The van der Waals surface area contributed by atoms with E-state index in [1.807, 2.05) is 56.1 Å². The third-order valence-electron chi connectivity index (χ3n) is 10.3. The fraction of sp³-hybridized carbons (Fsp3) is 0.700. The Balaban J connectivity index is 1.85. The van der Waals surface area contributed by atoms with Gasteiger partial charge in [-0.05, 0) is 69.0 Å². The van der Waals surface area contributed by atoms with Gasteiger partial charge in [0.05, 0.1) is 6.04 Å². The van der Waals surface area contributed by atoms with Crippen LogP contribution in [0.1, 0.15) is 114 Å². The van der Waals surface area contributed by atoms with E-state index in [2.05, 4.69) is 43.2 Å². The number of hydrogen-bond acceptors (Lipinski definition) is 9. The van der Waals surface area contributed by atoms with E-state index in [9.17, 15) is 19.5 Å². The molecule has 11 nitrogen and oxygen atoms in total. The third-order valence-corrected chi connectivity index (χ3v) is 11.2. The number of thiazole rings is 1. The van der Waals surface area contributed by atoms with Crippen molar-refractivity contribution in [3.63, 3.8) is 0 Å². The topological polar surface area (TPSA) is 133 Å². The number of aromatic nitrogens is 1. The lowest BCUT2D eigenvalue weighted by Crippen LogP contribution is -2.58. The van der Waals surface area contributed by atoms with Gasteiger partial charge in [0.1, 0.15) is 29.6 Å². The Bertz CT molecular complexity index is 1360. The molecule has 3 N–H and O–H groups in total. The monoisotopic (exact) mass is 743 g/mol. The Labute approximate surface area is 316 Å². The van der Waals surface area contributed by atoms with E-state index in [0.717, 1.165) is 44.2 Å². The Morgan fingerprint density at radius 3 is 2.42 bits per heavy atom. The standard InChI is InChI=1S/C40H65N5O6S/c1-9-19-45(40(49)36(29(6)10-2)43-38(48)33-18-14-15-20-44(33)7)34(27(3)4)23-35(51-26-50-8)39-42-32(25-52-39)37(47)41-31(21-28(5)24-46)22-30-16-12-11-13-17-30/h11-13,16-17,25,27-29,31,33-36,46H,9-10,14-15,18-24,26H2,1-8H3,(H,41,47)(H,43,48)/t28-,29-,31+,33?,34+,35+,36?/m0/s1. The summed E-state index contributed by atoms with van der Waals surface area (Å²) < 4.78 is 11.5. The van der Waals surface area contributed by atoms with Gasteiger partial charge in [0.15, 0.2) is 0 Å². The van der Waals surface area contributed by atoms with Crippen molar-refractivity contribution >= 4 is 29.1 Å². The first kappa shape index (κ1) is 43.5. The predicted molar refractivity (Wildman–Crippen MR) is 207 cm³/mol. The fourth-order valence-corrected chi connectivity index (χ4v) is 7.88. The van der Waals surface area contributed by atoms with E-state index in [0.29, 0.717) is 36.5 Å². The van der Waals surface area contributed by atoms with Crippen molar-refractivity contribution in [2.24, 2.45) is 17.8 Å². The summed E-state index contributed by atoms with van der Waals surface area (Å²) in [6.45, 7) is 13.8. The molecular weight excluding hydrogens is 679 g/mol. The highest BCUT2D eigenvalue weighted by Crippen LogP contribution is 2.32. The highest BCUT2D eigenvalue weighted by Gasteiger charge is 2.38. The lowest BCUT2D eigenvalue weighted by molar-refractivity contribution is -0.144. The van der Waals surface area contributed by atoms with Crippen molar-refractivity contribution < 1.29 is 29.0 Å². The molecule has 2 aromatic rings. The van der Waals surface area contributed by atoms with Crippen LogP contribution in [0.25, 0.3) is 0 Å². The number of hydrogen-bond donors (Lipinski definition) is 3. The molecule has 2 heterocycles. The number of nitrogens with zero attached hydrogens (tertiary/aromatic N) is 3. The molecule has 0 spiro atoms. The number of ether oxygens (including phenoxy) is 2. The number of likely N-dealkylation sites (N-methyl/N-ethyl adjacent to an activating group) is 1. The lowest BCUT2D eigenvalue weighted by atomic mass is 9.92. The average Bonchev–Trinajstić information content (AvgIpc) is 3.63. The number of rotatable bonds is 22. The van der Waals surface area contributed by atoms with E-state index >= 15 is 0 Å². The molecule has 1 aromatic carbocycles. The van der Waals surface area contributed by atoms with Gasteiger partial charge in [-0.1, -0.05) is 84.7 Å². The maximum atomic E-state index is 14.6. The van der Waals surface area contributed by atoms with Gasteiger partial charge in [-0.25, -0.2) is 4.98 Å². The maximum absolute atomic E-state index is 14.6. The summed E-state index contributed by atoms with van der Waals surface area (Å²) in [7, 11) is 3.55. The van der Waals surface area contributed by atoms with Crippen LogP contribution in [0.3, 0.4) is 0 Å². The van der Waals surface area contributed by atoms with E-state index < -0.39 is 12.1 Å². The van der Waals surface area contributed by atoms with Gasteiger partial charge in [-0.2, -0.15) is 0 Å². The second-order valence-electron chi connectivity index (χ2n) is 15.0. The minimum atomic E-state index is -0.647. The Hall–Kier alpha value is -2.90. The van der Waals surface area contributed by atoms with Gasteiger partial charge in [-0.15, -0.1) is 11.3 Å². The zero-order valence-electron chi connectivity index (χ0n) is 32.8. The molecule has 1 aromatic heterocycles. The van der Waals surface area contributed by atoms with Crippen molar-refractivity contribution in [1.29, 1.82) is 0 Å². The molecule has 1 aliphatic rings. The normalized spacial score (nSPS) is 18.6. The second kappa shape index (κ2) is 22.3. The second-order valence-corrected chi connectivity index (χ2v) is 15.8. The molecule has 1 fully saturated rings. The molecular formula is C40H65N5O6S. The number of aliphatic hydroxyl groups is 1. The van der Waals surface area contributed by atoms with Gasteiger partial charge >= 0.3 is 0 Å². The summed E-state index contributed by atoms with van der Waals surface area (Å²) in [4.78, 5) is 50.6. The number of carbonyl (C=O) groups is 3. The number of benzene rings is 1. The fourth-order valence-electron chi connectivity index (χ4n) is 7.02. The molecule has 12 heteroatoms. The first-order valence-corrected chi connectivity index (χ1v) is 20.1. The quantitative estimate of drug-likeness (QED) is 0.128. The Morgan fingerprint density at radius 2 is 1.81 bits per heavy atom. The van der Waals surface area contributed by atoms with Gasteiger partial charge in [0.25, 0.3) is 5.91 Å². The van der Waals surface area contributed by atoms with Gasteiger partial charge in [0, 0.05) is 44.1 Å². The van der Waals surface area contributed by atoms with Crippen molar-refractivity contribution in [3.8, 4) is 0 Å². The summed E-state index contributed by atoms with van der Waals surface area (Å²) in [5.74, 6) is -0.396. The summed E-state index contributed by atoms with van der Waals surface area (Å²) in [6, 6.07) is 8.70. The van der Waals surface area contributed by atoms with Crippen molar-refractivity contribution in [2.75, 3.05) is 40.6 Å².